The molecule has 3 rings (SSSR count). The summed E-state index contributed by atoms with van der Waals surface area (Å²) in [7, 11) is -3.48. The molecule has 1 aromatic carbocycles. The predicted molar refractivity (Wildman–Crippen MR) is 101 cm³/mol. The molecule has 1 aliphatic heterocycles. The van der Waals surface area contributed by atoms with Gasteiger partial charge in [0, 0.05) is 35.9 Å². The molecule has 5 nitrogen and oxygen atoms in total. The highest BCUT2D eigenvalue weighted by Crippen LogP contribution is 2.24. The molecule has 1 aromatic heterocycles. The van der Waals surface area contributed by atoms with Crippen LogP contribution in [0.3, 0.4) is 0 Å². The number of sulfonamides is 1. The fourth-order valence-electron chi connectivity index (χ4n) is 2.65. The topological polar surface area (TPSA) is 62.3 Å². The number of hydrogen-bond donors (Lipinski definition) is 1. The Kier molecular flexibility index (Phi) is 5.59. The number of rotatable bonds is 6. The lowest BCUT2D eigenvalue weighted by molar-refractivity contribution is 0.581. The van der Waals surface area contributed by atoms with E-state index >= 15 is 0 Å². The Balaban J connectivity index is 1.58. The monoisotopic (exact) mass is 429 g/mol. The normalized spacial score (nSPS) is 15.2. The van der Waals surface area contributed by atoms with Gasteiger partial charge in [-0.15, -0.1) is 11.3 Å². The molecule has 0 bridgehead atoms. The summed E-state index contributed by atoms with van der Waals surface area (Å²) in [6.07, 6.45) is 3.04. The van der Waals surface area contributed by atoms with Crippen molar-refractivity contribution in [2.45, 2.75) is 31.1 Å². The Morgan fingerprint density at radius 1 is 1.33 bits per heavy atom. The molecule has 8 heteroatoms. The number of benzene rings is 1. The Hall–Kier alpha value is -0.960. The van der Waals surface area contributed by atoms with Crippen LogP contribution in [0, 0.1) is 6.92 Å². The van der Waals surface area contributed by atoms with Gasteiger partial charge in [-0.25, -0.2) is 18.1 Å². The van der Waals surface area contributed by atoms with E-state index in [1.54, 1.807) is 29.5 Å². The van der Waals surface area contributed by atoms with Gasteiger partial charge in [-0.05, 0) is 43.5 Å². The predicted octanol–water partition coefficient (Wildman–Crippen LogP) is 3.34. The van der Waals surface area contributed by atoms with Crippen molar-refractivity contribution < 1.29 is 8.42 Å². The van der Waals surface area contributed by atoms with E-state index in [9.17, 15) is 8.42 Å². The molecule has 0 aliphatic carbocycles. The van der Waals surface area contributed by atoms with Crippen LogP contribution in [-0.2, 0) is 16.4 Å². The third-order valence-corrected chi connectivity index (χ3v) is 7.33. The first-order valence-corrected chi connectivity index (χ1v) is 11.1. The molecule has 0 atom stereocenters. The molecule has 0 amide bonds. The van der Waals surface area contributed by atoms with Crippen molar-refractivity contribution in [2.24, 2.45) is 0 Å². The smallest absolute Gasteiger partial charge is 0.240 e. The van der Waals surface area contributed by atoms with Gasteiger partial charge in [-0.3, -0.25) is 0 Å². The molecule has 0 radical (unpaired) electrons. The molecular weight excluding hydrogens is 410 g/mol. The van der Waals surface area contributed by atoms with Gasteiger partial charge in [0.25, 0.3) is 0 Å². The minimum absolute atomic E-state index is 0.291. The molecule has 1 aliphatic rings. The zero-order chi connectivity index (χ0) is 17.2. The highest BCUT2D eigenvalue weighted by molar-refractivity contribution is 9.10. The van der Waals surface area contributed by atoms with Crippen molar-refractivity contribution in [3.63, 3.8) is 0 Å². The first-order valence-electron chi connectivity index (χ1n) is 7.91. The van der Waals surface area contributed by atoms with Gasteiger partial charge >= 0.3 is 0 Å². The largest absolute Gasteiger partial charge is 0.348 e. The van der Waals surface area contributed by atoms with E-state index in [-0.39, 0.29) is 0 Å². The van der Waals surface area contributed by atoms with Crippen molar-refractivity contribution in [2.75, 3.05) is 24.5 Å². The Morgan fingerprint density at radius 3 is 2.79 bits per heavy atom. The average Bonchev–Trinajstić information content (AvgIpc) is 3.20. The fraction of sp³-hybridized carbons (Fsp3) is 0.438. The van der Waals surface area contributed by atoms with Crippen LogP contribution >= 0.6 is 27.3 Å². The lowest BCUT2D eigenvalue weighted by Gasteiger charge is -2.12. The van der Waals surface area contributed by atoms with Gasteiger partial charge in [-0.1, -0.05) is 15.9 Å². The zero-order valence-electron chi connectivity index (χ0n) is 13.5. The third-order valence-electron chi connectivity index (χ3n) is 4.03. The van der Waals surface area contributed by atoms with E-state index in [1.807, 2.05) is 12.3 Å². The lowest BCUT2D eigenvalue weighted by Crippen LogP contribution is -2.26. The molecule has 130 valence electrons. The summed E-state index contributed by atoms with van der Waals surface area (Å²) >= 11 is 5.02. The number of nitrogens with zero attached hydrogens (tertiary/aromatic N) is 2. The molecule has 1 fully saturated rings. The molecular formula is C16H20BrN3O2S2. The average molecular weight is 430 g/mol. The number of thiazole rings is 1. The minimum Gasteiger partial charge on any atom is -0.348 e. The van der Waals surface area contributed by atoms with Crippen molar-refractivity contribution in [1.82, 2.24) is 9.71 Å². The van der Waals surface area contributed by atoms with Gasteiger partial charge in [0.05, 0.1) is 10.6 Å². The molecule has 2 heterocycles. The second kappa shape index (κ2) is 7.51. The minimum atomic E-state index is -3.48. The summed E-state index contributed by atoms with van der Waals surface area (Å²) in [6.45, 7) is 4.36. The molecule has 2 aromatic rings. The molecule has 24 heavy (non-hydrogen) atoms. The van der Waals surface area contributed by atoms with Crippen LogP contribution in [0.25, 0.3) is 0 Å². The van der Waals surface area contributed by atoms with E-state index in [0.29, 0.717) is 17.9 Å². The van der Waals surface area contributed by atoms with Crippen molar-refractivity contribution in [3.05, 3.63) is 39.3 Å². The van der Waals surface area contributed by atoms with Crippen LogP contribution in [0.1, 0.15) is 24.1 Å². The standard InChI is InChI=1S/C16H20BrN3O2S2/c1-12-10-14(4-5-15(12)17)24(21,22)18-7-6-13-11-23-16(19-13)20-8-2-3-9-20/h4-5,10-11,18H,2-3,6-9H2,1H3. The molecule has 1 saturated heterocycles. The fourth-order valence-corrected chi connectivity index (χ4v) is 4.92. The summed E-state index contributed by atoms with van der Waals surface area (Å²) in [5.74, 6) is 0. The van der Waals surface area contributed by atoms with Gasteiger partial charge < -0.3 is 4.90 Å². The Labute approximate surface area is 155 Å². The number of aryl methyl sites for hydroxylation is 1. The number of hydrogen-bond acceptors (Lipinski definition) is 5. The molecule has 0 spiro atoms. The number of nitrogens with one attached hydrogen (secondary N) is 1. The quantitative estimate of drug-likeness (QED) is 0.764. The summed E-state index contributed by atoms with van der Waals surface area (Å²) in [5.41, 5.74) is 1.84. The van der Waals surface area contributed by atoms with Crippen LogP contribution in [0.5, 0.6) is 0 Å². The van der Waals surface area contributed by atoms with Crippen LogP contribution in [-0.4, -0.2) is 33.0 Å². The van der Waals surface area contributed by atoms with Crippen molar-refractivity contribution in [3.8, 4) is 0 Å². The van der Waals surface area contributed by atoms with Crippen molar-refractivity contribution in [1.29, 1.82) is 0 Å². The first-order chi connectivity index (χ1) is 11.5. The van der Waals surface area contributed by atoms with Gasteiger partial charge in [0.1, 0.15) is 0 Å². The Bertz CT molecular complexity index is 814. The molecule has 0 saturated carbocycles. The van der Waals surface area contributed by atoms with Crippen LogP contribution < -0.4 is 9.62 Å². The number of anilines is 1. The SMILES string of the molecule is Cc1cc(S(=O)(=O)NCCc2csc(N3CCCC3)n2)ccc1Br. The summed E-state index contributed by atoms with van der Waals surface area (Å²) in [4.78, 5) is 7.20. The van der Waals surface area contributed by atoms with E-state index in [1.165, 1.54) is 12.8 Å². The van der Waals surface area contributed by atoms with Crippen molar-refractivity contribution >= 4 is 42.4 Å². The third kappa shape index (κ3) is 4.17. The second-order valence-electron chi connectivity index (χ2n) is 5.87. The van der Waals surface area contributed by atoms with E-state index < -0.39 is 10.0 Å². The maximum absolute atomic E-state index is 12.3. The van der Waals surface area contributed by atoms with Gasteiger partial charge in [0.2, 0.25) is 10.0 Å². The second-order valence-corrected chi connectivity index (χ2v) is 9.33. The van der Waals surface area contributed by atoms with Gasteiger partial charge in [0.15, 0.2) is 5.13 Å². The highest BCUT2D eigenvalue weighted by atomic mass is 79.9. The molecule has 1 N–H and O–H groups in total. The summed E-state index contributed by atoms with van der Waals surface area (Å²) < 4.78 is 28.3. The summed E-state index contributed by atoms with van der Waals surface area (Å²) in [6, 6.07) is 5.03. The lowest BCUT2D eigenvalue weighted by atomic mass is 10.2. The number of halogens is 1. The summed E-state index contributed by atoms with van der Waals surface area (Å²) in [5, 5.41) is 3.07. The van der Waals surface area contributed by atoms with Crippen LogP contribution in [0.4, 0.5) is 5.13 Å². The maximum atomic E-state index is 12.3. The zero-order valence-corrected chi connectivity index (χ0v) is 16.7. The van der Waals surface area contributed by atoms with Crippen LogP contribution in [0.2, 0.25) is 0 Å². The van der Waals surface area contributed by atoms with Crippen LogP contribution in [0.15, 0.2) is 32.9 Å². The van der Waals surface area contributed by atoms with Gasteiger partial charge in [-0.2, -0.15) is 0 Å². The molecule has 0 unspecified atom stereocenters. The van der Waals surface area contributed by atoms with E-state index in [0.717, 1.165) is 34.0 Å². The number of aromatic nitrogens is 1. The van der Waals surface area contributed by atoms with E-state index in [2.05, 4.69) is 30.5 Å². The highest BCUT2D eigenvalue weighted by Gasteiger charge is 2.17. The first kappa shape index (κ1) is 17.8. The maximum Gasteiger partial charge on any atom is 0.240 e. The van der Waals surface area contributed by atoms with E-state index in [4.69, 9.17) is 0 Å². The Morgan fingerprint density at radius 2 is 2.08 bits per heavy atom.